The Hall–Kier alpha value is -1.24. The Morgan fingerprint density at radius 2 is 1.69 bits per heavy atom. The van der Waals surface area contributed by atoms with Gasteiger partial charge in [0.05, 0.1) is 11.6 Å². The summed E-state index contributed by atoms with van der Waals surface area (Å²) in [7, 11) is 0. The molecule has 1 rings (SSSR count). The molecule has 1 aromatic carbocycles. The van der Waals surface area contributed by atoms with E-state index in [1.807, 2.05) is 0 Å². The van der Waals surface area contributed by atoms with E-state index in [0.717, 1.165) is 0 Å². The second kappa shape index (κ2) is 4.32. The van der Waals surface area contributed by atoms with Gasteiger partial charge in [-0.1, -0.05) is 0 Å². The molecule has 0 bridgehead atoms. The van der Waals surface area contributed by atoms with Crippen LogP contribution in [0, 0.1) is 5.82 Å². The van der Waals surface area contributed by atoms with Gasteiger partial charge >= 0.3 is 6.18 Å². The SMILES string of the molecule is N[C@H](c1cc(F)ccc1C(F)(F)F)C(F)F. The molecule has 7 heteroatoms. The molecule has 0 saturated carbocycles. The number of benzene rings is 1. The highest BCUT2D eigenvalue weighted by Crippen LogP contribution is 2.35. The van der Waals surface area contributed by atoms with Gasteiger partial charge in [0.1, 0.15) is 5.82 Å². The second-order valence-electron chi connectivity index (χ2n) is 3.09. The molecule has 0 fully saturated rings. The lowest BCUT2D eigenvalue weighted by atomic mass is 10.0. The minimum absolute atomic E-state index is 0.375. The zero-order valence-corrected chi connectivity index (χ0v) is 7.73. The molecule has 0 heterocycles. The molecule has 0 aliphatic carbocycles. The lowest BCUT2D eigenvalue weighted by Crippen LogP contribution is -2.23. The van der Waals surface area contributed by atoms with Crippen molar-refractivity contribution in [1.82, 2.24) is 0 Å². The number of hydrogen-bond acceptors (Lipinski definition) is 1. The summed E-state index contributed by atoms with van der Waals surface area (Å²) in [6, 6.07) is -0.843. The molecule has 2 N–H and O–H groups in total. The monoisotopic (exact) mass is 243 g/mol. The Labute approximate surface area is 86.9 Å². The fourth-order valence-electron chi connectivity index (χ4n) is 1.20. The quantitative estimate of drug-likeness (QED) is 0.793. The highest BCUT2D eigenvalue weighted by molar-refractivity contribution is 5.33. The molecule has 0 amide bonds. The Morgan fingerprint density at radius 1 is 1.12 bits per heavy atom. The Balaban J connectivity index is 3.29. The number of nitrogens with two attached hydrogens (primary N) is 1. The topological polar surface area (TPSA) is 26.0 Å². The maximum absolute atomic E-state index is 12.7. The summed E-state index contributed by atoms with van der Waals surface area (Å²) >= 11 is 0. The Kier molecular flexibility index (Phi) is 3.47. The van der Waals surface area contributed by atoms with Crippen LogP contribution >= 0.6 is 0 Å². The Morgan fingerprint density at radius 3 is 2.12 bits per heavy atom. The van der Waals surface area contributed by atoms with E-state index in [0.29, 0.717) is 18.2 Å². The third kappa shape index (κ3) is 2.66. The molecule has 0 aliphatic heterocycles. The highest BCUT2D eigenvalue weighted by atomic mass is 19.4. The van der Waals surface area contributed by atoms with Crippen molar-refractivity contribution in [2.75, 3.05) is 0 Å². The van der Waals surface area contributed by atoms with Gasteiger partial charge in [-0.25, -0.2) is 13.2 Å². The summed E-state index contributed by atoms with van der Waals surface area (Å²) < 4.78 is 74.2. The zero-order chi connectivity index (χ0) is 12.5. The molecule has 0 aliphatic rings. The van der Waals surface area contributed by atoms with Crippen molar-refractivity contribution in [1.29, 1.82) is 0 Å². The molecular formula is C9H7F6N. The smallest absolute Gasteiger partial charge is 0.319 e. The molecule has 0 spiro atoms. The summed E-state index contributed by atoms with van der Waals surface area (Å²) in [4.78, 5) is 0. The molecule has 1 nitrogen and oxygen atoms in total. The molecule has 1 atom stereocenters. The molecule has 0 aromatic heterocycles. The summed E-state index contributed by atoms with van der Waals surface area (Å²) in [6.45, 7) is 0. The van der Waals surface area contributed by atoms with Crippen LogP contribution in [0.4, 0.5) is 26.3 Å². The van der Waals surface area contributed by atoms with Crippen LogP contribution in [0.2, 0.25) is 0 Å². The fourth-order valence-corrected chi connectivity index (χ4v) is 1.20. The molecular weight excluding hydrogens is 236 g/mol. The van der Waals surface area contributed by atoms with E-state index < -0.39 is 35.6 Å². The van der Waals surface area contributed by atoms with Crippen molar-refractivity contribution in [3.63, 3.8) is 0 Å². The van der Waals surface area contributed by atoms with Gasteiger partial charge in [-0.2, -0.15) is 13.2 Å². The van der Waals surface area contributed by atoms with Crippen molar-refractivity contribution in [3.05, 3.63) is 35.1 Å². The van der Waals surface area contributed by atoms with Crippen LogP contribution in [0.5, 0.6) is 0 Å². The van der Waals surface area contributed by atoms with Crippen molar-refractivity contribution < 1.29 is 26.3 Å². The molecule has 16 heavy (non-hydrogen) atoms. The maximum Gasteiger partial charge on any atom is 0.416 e. The number of hydrogen-bond donors (Lipinski definition) is 1. The van der Waals surface area contributed by atoms with E-state index in [-0.39, 0.29) is 0 Å². The average molecular weight is 243 g/mol. The maximum atomic E-state index is 12.7. The van der Waals surface area contributed by atoms with Crippen molar-refractivity contribution in [2.45, 2.75) is 18.6 Å². The third-order valence-corrected chi connectivity index (χ3v) is 1.95. The van der Waals surface area contributed by atoms with Gasteiger partial charge in [0.25, 0.3) is 6.43 Å². The molecule has 1 aromatic rings. The predicted octanol–water partition coefficient (Wildman–Crippen LogP) is 3.11. The van der Waals surface area contributed by atoms with E-state index >= 15 is 0 Å². The minimum atomic E-state index is -4.84. The zero-order valence-electron chi connectivity index (χ0n) is 7.73. The lowest BCUT2D eigenvalue weighted by molar-refractivity contribution is -0.138. The van der Waals surface area contributed by atoms with Crippen LogP contribution < -0.4 is 5.73 Å². The van der Waals surface area contributed by atoms with Crippen LogP contribution in [0.1, 0.15) is 17.2 Å². The summed E-state index contributed by atoms with van der Waals surface area (Å²) in [5, 5.41) is 0. The predicted molar refractivity (Wildman–Crippen MR) is 44.3 cm³/mol. The minimum Gasteiger partial charge on any atom is -0.319 e. The fraction of sp³-hybridized carbons (Fsp3) is 0.333. The largest absolute Gasteiger partial charge is 0.416 e. The summed E-state index contributed by atoms with van der Waals surface area (Å²) in [5.41, 5.74) is 2.60. The van der Waals surface area contributed by atoms with Gasteiger partial charge in [0.15, 0.2) is 0 Å². The first kappa shape index (κ1) is 12.8. The van der Waals surface area contributed by atoms with Gasteiger partial charge < -0.3 is 5.73 Å². The number of rotatable bonds is 2. The van der Waals surface area contributed by atoms with E-state index in [1.165, 1.54) is 0 Å². The van der Waals surface area contributed by atoms with E-state index in [9.17, 15) is 26.3 Å². The van der Waals surface area contributed by atoms with E-state index in [2.05, 4.69) is 0 Å². The van der Waals surface area contributed by atoms with Crippen LogP contribution in [0.3, 0.4) is 0 Å². The number of alkyl halides is 5. The van der Waals surface area contributed by atoms with Gasteiger partial charge in [-0.3, -0.25) is 0 Å². The first-order valence-electron chi connectivity index (χ1n) is 4.14. The molecule has 90 valence electrons. The van der Waals surface area contributed by atoms with Gasteiger partial charge in [0, 0.05) is 0 Å². The summed E-state index contributed by atoms with van der Waals surface area (Å²) in [5.74, 6) is -1.04. The lowest BCUT2D eigenvalue weighted by Gasteiger charge is -2.17. The molecule has 0 radical (unpaired) electrons. The van der Waals surface area contributed by atoms with Crippen LogP contribution in [0.25, 0.3) is 0 Å². The van der Waals surface area contributed by atoms with E-state index in [4.69, 9.17) is 5.73 Å². The second-order valence-corrected chi connectivity index (χ2v) is 3.09. The van der Waals surface area contributed by atoms with Crippen molar-refractivity contribution in [3.8, 4) is 0 Å². The van der Waals surface area contributed by atoms with Crippen LogP contribution in [-0.4, -0.2) is 6.43 Å². The van der Waals surface area contributed by atoms with Gasteiger partial charge in [-0.05, 0) is 23.8 Å². The molecule has 0 unspecified atom stereocenters. The standard InChI is InChI=1S/C9H7F6N/c10-4-1-2-6(9(13,14)15)5(3-4)7(16)8(11)12/h1-3,7-8H,16H2/t7-/m1/s1. The third-order valence-electron chi connectivity index (χ3n) is 1.95. The molecule has 0 saturated heterocycles. The summed E-state index contributed by atoms with van der Waals surface area (Å²) in [6.07, 6.45) is -8.03. The first-order chi connectivity index (χ1) is 7.23. The Bertz CT molecular complexity index is 373. The average Bonchev–Trinajstić information content (AvgIpc) is 2.14. The van der Waals surface area contributed by atoms with Crippen molar-refractivity contribution >= 4 is 0 Å². The van der Waals surface area contributed by atoms with E-state index in [1.54, 1.807) is 0 Å². The number of halogens is 6. The van der Waals surface area contributed by atoms with Crippen molar-refractivity contribution in [2.24, 2.45) is 5.73 Å². The van der Waals surface area contributed by atoms with Crippen LogP contribution in [-0.2, 0) is 6.18 Å². The van der Waals surface area contributed by atoms with Crippen LogP contribution in [0.15, 0.2) is 18.2 Å². The highest BCUT2D eigenvalue weighted by Gasteiger charge is 2.36. The first-order valence-corrected chi connectivity index (χ1v) is 4.14. The van der Waals surface area contributed by atoms with Gasteiger partial charge in [-0.15, -0.1) is 0 Å². The van der Waals surface area contributed by atoms with Gasteiger partial charge in [0.2, 0.25) is 0 Å². The normalized spacial score (nSPS) is 14.2.